The SMILES string of the molecule is CC(N)Cc1noc(C2COc3ccccc32)n1. The van der Waals surface area contributed by atoms with Gasteiger partial charge in [-0.25, -0.2) is 0 Å². The van der Waals surface area contributed by atoms with Gasteiger partial charge in [0.25, 0.3) is 0 Å². The molecule has 0 aliphatic carbocycles. The second-order valence-electron chi connectivity index (χ2n) is 4.63. The minimum atomic E-state index is 0.0302. The van der Waals surface area contributed by atoms with E-state index in [-0.39, 0.29) is 12.0 Å². The van der Waals surface area contributed by atoms with E-state index in [1.807, 2.05) is 31.2 Å². The summed E-state index contributed by atoms with van der Waals surface area (Å²) >= 11 is 0. The monoisotopic (exact) mass is 245 g/mol. The third-order valence-electron chi connectivity index (χ3n) is 2.99. The summed E-state index contributed by atoms with van der Waals surface area (Å²) in [7, 11) is 0. The molecule has 0 spiro atoms. The van der Waals surface area contributed by atoms with Gasteiger partial charge in [-0.3, -0.25) is 0 Å². The first kappa shape index (κ1) is 11.2. The molecule has 3 rings (SSSR count). The van der Waals surface area contributed by atoms with Gasteiger partial charge in [-0.1, -0.05) is 23.4 Å². The van der Waals surface area contributed by atoms with Gasteiger partial charge >= 0.3 is 0 Å². The number of aromatic nitrogens is 2. The summed E-state index contributed by atoms with van der Waals surface area (Å²) in [6.45, 7) is 2.48. The van der Waals surface area contributed by atoms with E-state index in [0.29, 0.717) is 24.7 Å². The molecule has 0 saturated heterocycles. The lowest BCUT2D eigenvalue weighted by atomic mass is 10.0. The van der Waals surface area contributed by atoms with E-state index in [1.54, 1.807) is 0 Å². The Balaban J connectivity index is 1.86. The molecule has 1 aliphatic heterocycles. The van der Waals surface area contributed by atoms with Crippen LogP contribution in [0.2, 0.25) is 0 Å². The van der Waals surface area contributed by atoms with Crippen molar-refractivity contribution in [3.63, 3.8) is 0 Å². The molecular weight excluding hydrogens is 230 g/mol. The van der Waals surface area contributed by atoms with Crippen molar-refractivity contribution in [2.75, 3.05) is 6.61 Å². The fourth-order valence-electron chi connectivity index (χ4n) is 2.15. The molecule has 0 saturated carbocycles. The zero-order chi connectivity index (χ0) is 12.5. The molecule has 0 amide bonds. The van der Waals surface area contributed by atoms with Crippen molar-refractivity contribution in [1.29, 1.82) is 0 Å². The number of rotatable bonds is 3. The highest BCUT2D eigenvalue weighted by molar-refractivity contribution is 5.42. The largest absolute Gasteiger partial charge is 0.492 e. The molecule has 5 nitrogen and oxygen atoms in total. The molecule has 94 valence electrons. The Morgan fingerprint density at radius 2 is 2.28 bits per heavy atom. The Morgan fingerprint density at radius 1 is 1.44 bits per heavy atom. The maximum Gasteiger partial charge on any atom is 0.237 e. The molecule has 2 N–H and O–H groups in total. The van der Waals surface area contributed by atoms with Gasteiger partial charge in [0, 0.05) is 18.0 Å². The second-order valence-corrected chi connectivity index (χ2v) is 4.63. The van der Waals surface area contributed by atoms with Crippen LogP contribution in [0.4, 0.5) is 0 Å². The molecule has 1 aromatic heterocycles. The molecule has 1 aliphatic rings. The Bertz CT molecular complexity index is 551. The first-order valence-electron chi connectivity index (χ1n) is 6.04. The standard InChI is InChI=1S/C13H15N3O2/c1-8(14)6-12-15-13(18-16-12)10-7-17-11-5-3-2-4-9(10)11/h2-5,8,10H,6-7,14H2,1H3. The number of fused-ring (bicyclic) bond motifs is 1. The van der Waals surface area contributed by atoms with E-state index in [0.717, 1.165) is 11.3 Å². The maximum absolute atomic E-state index is 5.72. The molecular formula is C13H15N3O2. The highest BCUT2D eigenvalue weighted by Crippen LogP contribution is 2.36. The number of nitrogens with two attached hydrogens (primary N) is 1. The summed E-state index contributed by atoms with van der Waals surface area (Å²) in [5.74, 6) is 2.20. The minimum Gasteiger partial charge on any atom is -0.492 e. The Hall–Kier alpha value is -1.88. The maximum atomic E-state index is 5.72. The lowest BCUT2D eigenvalue weighted by Crippen LogP contribution is -2.18. The number of nitrogens with zero attached hydrogens (tertiary/aromatic N) is 2. The van der Waals surface area contributed by atoms with Crippen LogP contribution in [0.5, 0.6) is 5.75 Å². The molecule has 2 heterocycles. The van der Waals surface area contributed by atoms with Crippen molar-refractivity contribution >= 4 is 0 Å². The van der Waals surface area contributed by atoms with E-state index in [4.69, 9.17) is 15.0 Å². The number of para-hydroxylation sites is 1. The fraction of sp³-hybridized carbons (Fsp3) is 0.385. The third-order valence-corrected chi connectivity index (χ3v) is 2.99. The Labute approximate surface area is 105 Å². The van der Waals surface area contributed by atoms with Crippen LogP contribution in [-0.2, 0) is 6.42 Å². The van der Waals surface area contributed by atoms with Gasteiger partial charge < -0.3 is 15.0 Å². The van der Waals surface area contributed by atoms with E-state index < -0.39 is 0 Å². The van der Waals surface area contributed by atoms with E-state index in [9.17, 15) is 0 Å². The molecule has 2 atom stereocenters. The van der Waals surface area contributed by atoms with Gasteiger partial charge in [-0.15, -0.1) is 0 Å². The lowest BCUT2D eigenvalue weighted by Gasteiger charge is -2.01. The normalized spacial score (nSPS) is 19.3. The molecule has 5 heteroatoms. The van der Waals surface area contributed by atoms with Gasteiger partial charge in [0.15, 0.2) is 5.82 Å². The second kappa shape index (κ2) is 4.42. The van der Waals surface area contributed by atoms with Crippen LogP contribution >= 0.6 is 0 Å². The van der Waals surface area contributed by atoms with Crippen LogP contribution < -0.4 is 10.5 Å². The van der Waals surface area contributed by atoms with Crippen molar-refractivity contribution in [1.82, 2.24) is 10.1 Å². The van der Waals surface area contributed by atoms with Crippen molar-refractivity contribution in [2.24, 2.45) is 5.73 Å². The van der Waals surface area contributed by atoms with Gasteiger partial charge in [-0.05, 0) is 13.0 Å². The molecule has 0 bridgehead atoms. The molecule has 18 heavy (non-hydrogen) atoms. The van der Waals surface area contributed by atoms with Gasteiger partial charge in [0.05, 0.1) is 0 Å². The minimum absolute atomic E-state index is 0.0302. The third kappa shape index (κ3) is 1.97. The molecule has 0 fully saturated rings. The lowest BCUT2D eigenvalue weighted by molar-refractivity contribution is 0.304. The summed E-state index contributed by atoms with van der Waals surface area (Å²) < 4.78 is 10.9. The number of benzene rings is 1. The van der Waals surface area contributed by atoms with Crippen molar-refractivity contribution < 1.29 is 9.26 Å². The summed E-state index contributed by atoms with van der Waals surface area (Å²) in [6, 6.07) is 7.95. The van der Waals surface area contributed by atoms with Gasteiger partial charge in [0.2, 0.25) is 5.89 Å². The van der Waals surface area contributed by atoms with Crippen LogP contribution in [0.25, 0.3) is 0 Å². The summed E-state index contributed by atoms with van der Waals surface area (Å²) in [4.78, 5) is 4.39. The molecule has 2 unspecified atom stereocenters. The predicted molar refractivity (Wildman–Crippen MR) is 65.4 cm³/mol. The fourth-order valence-corrected chi connectivity index (χ4v) is 2.15. The summed E-state index contributed by atoms with van der Waals surface area (Å²) in [5.41, 5.74) is 6.82. The number of hydrogen-bond acceptors (Lipinski definition) is 5. The van der Waals surface area contributed by atoms with Crippen LogP contribution in [0.15, 0.2) is 28.8 Å². The van der Waals surface area contributed by atoms with Crippen LogP contribution in [0.3, 0.4) is 0 Å². The first-order chi connectivity index (χ1) is 8.74. The van der Waals surface area contributed by atoms with Crippen LogP contribution in [-0.4, -0.2) is 22.8 Å². The molecule has 1 aromatic carbocycles. The number of ether oxygens (including phenoxy) is 1. The van der Waals surface area contributed by atoms with Crippen molar-refractivity contribution in [3.05, 3.63) is 41.5 Å². The topological polar surface area (TPSA) is 74.2 Å². The summed E-state index contributed by atoms with van der Waals surface area (Å²) in [5, 5.41) is 3.95. The Kier molecular flexibility index (Phi) is 2.76. The van der Waals surface area contributed by atoms with Gasteiger partial charge in [-0.2, -0.15) is 4.98 Å². The quantitative estimate of drug-likeness (QED) is 0.886. The average molecular weight is 245 g/mol. The van der Waals surface area contributed by atoms with Gasteiger partial charge in [0.1, 0.15) is 18.3 Å². The highest BCUT2D eigenvalue weighted by Gasteiger charge is 2.30. The predicted octanol–water partition coefficient (Wildman–Crippen LogP) is 1.48. The van der Waals surface area contributed by atoms with Crippen molar-refractivity contribution in [3.8, 4) is 5.75 Å². The zero-order valence-electron chi connectivity index (χ0n) is 10.2. The van der Waals surface area contributed by atoms with Crippen molar-refractivity contribution in [2.45, 2.75) is 25.3 Å². The first-order valence-corrected chi connectivity index (χ1v) is 6.04. The van der Waals surface area contributed by atoms with Crippen LogP contribution in [0, 0.1) is 0 Å². The van der Waals surface area contributed by atoms with Crippen LogP contribution in [0.1, 0.15) is 30.1 Å². The Morgan fingerprint density at radius 3 is 3.11 bits per heavy atom. The van der Waals surface area contributed by atoms with E-state index >= 15 is 0 Å². The number of hydrogen-bond donors (Lipinski definition) is 1. The van der Waals surface area contributed by atoms with E-state index in [2.05, 4.69) is 10.1 Å². The summed E-state index contributed by atoms with van der Waals surface area (Å²) in [6.07, 6.45) is 0.624. The zero-order valence-corrected chi connectivity index (χ0v) is 10.2. The van der Waals surface area contributed by atoms with E-state index in [1.165, 1.54) is 0 Å². The average Bonchev–Trinajstić information content (AvgIpc) is 2.94. The molecule has 0 radical (unpaired) electrons. The smallest absolute Gasteiger partial charge is 0.237 e. The molecule has 2 aromatic rings. The highest BCUT2D eigenvalue weighted by atomic mass is 16.5.